The Morgan fingerprint density at radius 1 is 1.52 bits per heavy atom. The third-order valence-corrected chi connectivity index (χ3v) is 4.39. The SMILES string of the molecule is CCC(NC(=O)c1cc(Cn2cccn2)on1)c1nc(C)cs1. The quantitative estimate of drug-likeness (QED) is 0.750. The maximum Gasteiger partial charge on any atom is 0.274 e. The van der Waals surface area contributed by atoms with Gasteiger partial charge in [0.2, 0.25) is 0 Å². The Morgan fingerprint density at radius 2 is 2.39 bits per heavy atom. The molecule has 0 aliphatic carbocycles. The van der Waals surface area contributed by atoms with Crippen molar-refractivity contribution in [2.75, 3.05) is 0 Å². The molecule has 8 heteroatoms. The molecule has 0 radical (unpaired) electrons. The van der Waals surface area contributed by atoms with Crippen LogP contribution in [0, 0.1) is 6.92 Å². The van der Waals surface area contributed by atoms with Gasteiger partial charge < -0.3 is 9.84 Å². The van der Waals surface area contributed by atoms with E-state index in [9.17, 15) is 4.79 Å². The van der Waals surface area contributed by atoms with Gasteiger partial charge in [-0.2, -0.15) is 5.10 Å². The van der Waals surface area contributed by atoms with Crippen LogP contribution in [0.2, 0.25) is 0 Å². The second-order valence-electron chi connectivity index (χ2n) is 5.14. The number of hydrogen-bond donors (Lipinski definition) is 1. The second-order valence-corrected chi connectivity index (χ2v) is 6.03. The molecule has 3 aromatic rings. The zero-order valence-corrected chi connectivity index (χ0v) is 13.7. The predicted octanol–water partition coefficient (Wildman–Crippen LogP) is 2.57. The normalized spacial score (nSPS) is 12.3. The lowest BCUT2D eigenvalue weighted by Gasteiger charge is -2.12. The molecule has 3 heterocycles. The van der Waals surface area contributed by atoms with Crippen LogP contribution in [-0.4, -0.2) is 25.8 Å². The minimum Gasteiger partial charge on any atom is -0.359 e. The Bertz CT molecular complexity index is 778. The van der Waals surface area contributed by atoms with Crippen molar-refractivity contribution in [2.24, 2.45) is 0 Å². The summed E-state index contributed by atoms with van der Waals surface area (Å²) < 4.78 is 6.90. The van der Waals surface area contributed by atoms with Gasteiger partial charge in [0, 0.05) is 29.5 Å². The Kier molecular flexibility index (Phi) is 4.52. The lowest BCUT2D eigenvalue weighted by molar-refractivity contribution is 0.0926. The van der Waals surface area contributed by atoms with Gasteiger partial charge in [0.1, 0.15) is 11.6 Å². The molecule has 0 spiro atoms. The van der Waals surface area contributed by atoms with Crippen molar-refractivity contribution in [1.29, 1.82) is 0 Å². The van der Waals surface area contributed by atoms with E-state index in [1.54, 1.807) is 28.3 Å². The third kappa shape index (κ3) is 3.65. The van der Waals surface area contributed by atoms with E-state index < -0.39 is 0 Å². The minimum absolute atomic E-state index is 0.118. The maximum atomic E-state index is 12.3. The second kappa shape index (κ2) is 6.74. The van der Waals surface area contributed by atoms with Crippen LogP contribution in [0.15, 0.2) is 34.4 Å². The molecule has 23 heavy (non-hydrogen) atoms. The summed E-state index contributed by atoms with van der Waals surface area (Å²) in [5.41, 5.74) is 1.22. The predicted molar refractivity (Wildman–Crippen MR) is 85.2 cm³/mol. The lowest BCUT2D eigenvalue weighted by Crippen LogP contribution is -2.28. The number of thiazole rings is 1. The smallest absolute Gasteiger partial charge is 0.274 e. The Hall–Kier alpha value is -2.48. The van der Waals surface area contributed by atoms with Gasteiger partial charge in [-0.1, -0.05) is 12.1 Å². The fourth-order valence-corrected chi connectivity index (χ4v) is 3.08. The molecule has 0 fully saturated rings. The van der Waals surface area contributed by atoms with Crippen molar-refractivity contribution < 1.29 is 9.32 Å². The van der Waals surface area contributed by atoms with Crippen LogP contribution in [0.4, 0.5) is 0 Å². The third-order valence-electron chi connectivity index (χ3n) is 3.32. The van der Waals surface area contributed by atoms with E-state index in [1.165, 1.54) is 0 Å². The lowest BCUT2D eigenvalue weighted by atomic mass is 10.2. The summed E-state index contributed by atoms with van der Waals surface area (Å²) in [7, 11) is 0. The van der Waals surface area contributed by atoms with Gasteiger partial charge >= 0.3 is 0 Å². The highest BCUT2D eigenvalue weighted by Gasteiger charge is 2.19. The molecule has 1 atom stereocenters. The molecular weight excluding hydrogens is 314 g/mol. The Labute approximate surface area is 137 Å². The minimum atomic E-state index is -0.264. The first-order valence-corrected chi connectivity index (χ1v) is 8.19. The molecular formula is C15H17N5O2S. The number of nitrogens with zero attached hydrogens (tertiary/aromatic N) is 4. The number of aryl methyl sites for hydroxylation is 1. The number of hydrogen-bond acceptors (Lipinski definition) is 6. The van der Waals surface area contributed by atoms with Crippen LogP contribution in [0.5, 0.6) is 0 Å². The topological polar surface area (TPSA) is 85.8 Å². The molecule has 120 valence electrons. The Balaban J connectivity index is 1.66. The fraction of sp³-hybridized carbons (Fsp3) is 0.333. The average molecular weight is 331 g/mol. The van der Waals surface area contributed by atoms with E-state index >= 15 is 0 Å². The van der Waals surface area contributed by atoms with Crippen molar-refractivity contribution in [3.05, 3.63) is 52.1 Å². The molecule has 0 aromatic carbocycles. The number of aromatic nitrogens is 4. The van der Waals surface area contributed by atoms with E-state index in [-0.39, 0.29) is 17.6 Å². The molecule has 0 bridgehead atoms. The van der Waals surface area contributed by atoms with Gasteiger partial charge in [-0.15, -0.1) is 11.3 Å². The monoisotopic (exact) mass is 331 g/mol. The summed E-state index contributed by atoms with van der Waals surface area (Å²) in [4.78, 5) is 16.8. The summed E-state index contributed by atoms with van der Waals surface area (Å²) in [5.74, 6) is 0.317. The van der Waals surface area contributed by atoms with Gasteiger partial charge in [0.15, 0.2) is 11.5 Å². The van der Waals surface area contributed by atoms with Gasteiger partial charge in [-0.05, 0) is 19.4 Å². The van der Waals surface area contributed by atoms with Crippen LogP contribution in [-0.2, 0) is 6.54 Å². The number of amides is 1. The first kappa shape index (κ1) is 15.4. The first-order valence-electron chi connectivity index (χ1n) is 7.31. The van der Waals surface area contributed by atoms with Crippen LogP contribution in [0.1, 0.15) is 46.3 Å². The summed E-state index contributed by atoms with van der Waals surface area (Å²) in [6.07, 6.45) is 4.27. The molecule has 1 N–H and O–H groups in total. The number of nitrogens with one attached hydrogen (secondary N) is 1. The molecule has 1 unspecified atom stereocenters. The summed E-state index contributed by atoms with van der Waals surface area (Å²) in [5, 5.41) is 13.8. The number of carbonyl (C=O) groups excluding carboxylic acids is 1. The van der Waals surface area contributed by atoms with Crippen molar-refractivity contribution in [1.82, 2.24) is 25.2 Å². The van der Waals surface area contributed by atoms with E-state index in [0.717, 1.165) is 17.1 Å². The Morgan fingerprint density at radius 3 is 3.04 bits per heavy atom. The molecule has 0 saturated carbocycles. The van der Waals surface area contributed by atoms with Crippen molar-refractivity contribution in [3.8, 4) is 0 Å². The van der Waals surface area contributed by atoms with E-state index in [2.05, 4.69) is 20.6 Å². The van der Waals surface area contributed by atoms with Crippen LogP contribution >= 0.6 is 11.3 Å². The van der Waals surface area contributed by atoms with E-state index in [4.69, 9.17) is 4.52 Å². The van der Waals surface area contributed by atoms with Crippen molar-refractivity contribution in [2.45, 2.75) is 32.9 Å². The zero-order chi connectivity index (χ0) is 16.2. The average Bonchev–Trinajstić information content (AvgIpc) is 3.27. The van der Waals surface area contributed by atoms with Gasteiger partial charge in [0.25, 0.3) is 5.91 Å². The molecule has 0 aliphatic rings. The highest BCUT2D eigenvalue weighted by Crippen LogP contribution is 2.21. The molecule has 1 amide bonds. The molecule has 7 nitrogen and oxygen atoms in total. The maximum absolute atomic E-state index is 12.3. The highest BCUT2D eigenvalue weighted by molar-refractivity contribution is 7.09. The van der Waals surface area contributed by atoms with Gasteiger partial charge in [0.05, 0.1) is 6.04 Å². The van der Waals surface area contributed by atoms with Gasteiger partial charge in [-0.3, -0.25) is 9.48 Å². The molecule has 3 aromatic heterocycles. The summed E-state index contributed by atoms with van der Waals surface area (Å²) in [6.45, 7) is 4.39. The molecule has 0 saturated heterocycles. The zero-order valence-electron chi connectivity index (χ0n) is 12.9. The van der Waals surface area contributed by atoms with Crippen molar-refractivity contribution in [3.63, 3.8) is 0 Å². The largest absolute Gasteiger partial charge is 0.359 e. The van der Waals surface area contributed by atoms with Crippen LogP contribution in [0.25, 0.3) is 0 Å². The molecule has 0 aliphatic heterocycles. The van der Waals surface area contributed by atoms with Gasteiger partial charge in [-0.25, -0.2) is 4.98 Å². The van der Waals surface area contributed by atoms with Crippen molar-refractivity contribution >= 4 is 17.2 Å². The molecule has 3 rings (SSSR count). The van der Waals surface area contributed by atoms with E-state index in [1.807, 2.05) is 31.5 Å². The number of carbonyl (C=O) groups is 1. The fourth-order valence-electron chi connectivity index (χ4n) is 2.15. The first-order chi connectivity index (χ1) is 11.2. The number of rotatable bonds is 6. The van der Waals surface area contributed by atoms with Crippen LogP contribution < -0.4 is 5.32 Å². The van der Waals surface area contributed by atoms with E-state index in [0.29, 0.717) is 12.3 Å². The standard InChI is InChI=1S/C15H17N5O2S/c1-3-12(15-17-10(2)9-23-15)18-14(21)13-7-11(22-19-13)8-20-6-4-5-16-20/h4-7,9,12H,3,8H2,1-2H3,(H,18,21). The highest BCUT2D eigenvalue weighted by atomic mass is 32.1. The summed E-state index contributed by atoms with van der Waals surface area (Å²) >= 11 is 1.55. The summed E-state index contributed by atoms with van der Waals surface area (Å²) in [6, 6.07) is 3.34. The van der Waals surface area contributed by atoms with Crippen LogP contribution in [0.3, 0.4) is 0 Å².